The molecule has 2 heteroatoms. The lowest BCUT2D eigenvalue weighted by molar-refractivity contribution is -0.139. The molecule has 0 spiro atoms. The zero-order valence-electron chi connectivity index (χ0n) is 9.95. The molecule has 0 aromatic heterocycles. The second-order valence-electron chi connectivity index (χ2n) is 4.54. The largest absolute Gasteiger partial charge is 0.469 e. The van der Waals surface area contributed by atoms with E-state index < -0.39 is 0 Å². The maximum Gasteiger partial charge on any atom is 0.309 e. The Hall–Kier alpha value is -1.31. The van der Waals surface area contributed by atoms with E-state index in [2.05, 4.69) is 23.8 Å². The molecule has 0 fully saturated rings. The smallest absolute Gasteiger partial charge is 0.309 e. The number of hydrogen-bond donors (Lipinski definition) is 0. The molecular formula is C15H22O2. The Morgan fingerprint density at radius 2 is 2.06 bits per heavy atom. The van der Waals surface area contributed by atoms with Gasteiger partial charge in [0.2, 0.25) is 0 Å². The molecule has 0 amide bonds. The molecule has 0 heterocycles. The predicted octanol–water partition coefficient (Wildman–Crippen LogP) is 3.16. The molecule has 1 unspecified atom stereocenters. The molecular weight excluding hydrogens is 212 g/mol. The third-order valence-electron chi connectivity index (χ3n) is 3.44. The second-order valence-corrected chi connectivity index (χ2v) is 4.54. The van der Waals surface area contributed by atoms with Crippen molar-refractivity contribution in [2.45, 2.75) is 40.0 Å². The first-order chi connectivity index (χ1) is 7.72. The van der Waals surface area contributed by atoms with Gasteiger partial charge in [-0.3, -0.25) is 4.79 Å². The topological polar surface area (TPSA) is 26.3 Å². The fourth-order valence-corrected chi connectivity index (χ4v) is 2.40. The van der Waals surface area contributed by atoms with Crippen LogP contribution in [0.25, 0.3) is 0 Å². The van der Waals surface area contributed by atoms with Crippen LogP contribution in [0, 0.1) is 5.92 Å². The zero-order chi connectivity index (χ0) is 11.5. The van der Waals surface area contributed by atoms with Gasteiger partial charge in [0.15, 0.2) is 0 Å². The minimum atomic E-state index is -0.162. The van der Waals surface area contributed by atoms with E-state index in [1.807, 2.05) is 6.07 Å². The maximum absolute atomic E-state index is 11.2. The highest BCUT2D eigenvalue weighted by atomic mass is 16.5. The number of ether oxygens (including phenoxy) is 1. The van der Waals surface area contributed by atoms with Gasteiger partial charge in [0.1, 0.15) is 0 Å². The first-order valence-electron chi connectivity index (χ1n) is 5.90. The Labute approximate surface area is 104 Å². The summed E-state index contributed by atoms with van der Waals surface area (Å²) >= 11 is 0. The summed E-state index contributed by atoms with van der Waals surface area (Å²) in [5.74, 6) is 0.633. The Morgan fingerprint density at radius 1 is 1.35 bits per heavy atom. The van der Waals surface area contributed by atoms with Crippen LogP contribution in [-0.4, -0.2) is 13.1 Å². The number of rotatable bonds is 3. The number of hydrogen-bond acceptors (Lipinski definition) is 2. The van der Waals surface area contributed by atoms with Gasteiger partial charge in [-0.25, -0.2) is 0 Å². The molecule has 0 saturated heterocycles. The Balaban J connectivity index is 0.00000144. The average Bonchev–Trinajstić information content (AvgIpc) is 2.71. The van der Waals surface area contributed by atoms with Crippen LogP contribution < -0.4 is 0 Å². The van der Waals surface area contributed by atoms with Crippen LogP contribution in [0.2, 0.25) is 0 Å². The van der Waals surface area contributed by atoms with Crippen molar-refractivity contribution in [3.63, 3.8) is 0 Å². The third-order valence-corrected chi connectivity index (χ3v) is 3.44. The molecule has 1 aliphatic rings. The first kappa shape index (κ1) is 13.8. The first-order valence-corrected chi connectivity index (χ1v) is 5.90. The van der Waals surface area contributed by atoms with E-state index >= 15 is 0 Å². The Bertz CT molecular complexity index is 396. The molecule has 0 radical (unpaired) electrons. The van der Waals surface area contributed by atoms with Crippen LogP contribution in [0.5, 0.6) is 0 Å². The van der Waals surface area contributed by atoms with Gasteiger partial charge in [0.05, 0.1) is 13.5 Å². The van der Waals surface area contributed by atoms with Crippen LogP contribution in [0.15, 0.2) is 18.2 Å². The van der Waals surface area contributed by atoms with Crippen molar-refractivity contribution in [3.05, 3.63) is 34.9 Å². The normalized spacial score (nSPS) is 17.2. The molecule has 0 bridgehead atoms. The van der Waals surface area contributed by atoms with Crippen LogP contribution in [0.1, 0.15) is 37.5 Å². The summed E-state index contributed by atoms with van der Waals surface area (Å²) in [7, 11) is 1.43. The third kappa shape index (κ3) is 3.09. The van der Waals surface area contributed by atoms with Crippen LogP contribution in [-0.2, 0) is 28.8 Å². The molecule has 0 N–H and O–H groups in total. The fraction of sp³-hybridized carbons (Fsp3) is 0.533. The van der Waals surface area contributed by atoms with Gasteiger partial charge in [-0.1, -0.05) is 39.0 Å². The van der Waals surface area contributed by atoms with Crippen molar-refractivity contribution in [1.82, 2.24) is 0 Å². The van der Waals surface area contributed by atoms with E-state index in [4.69, 9.17) is 0 Å². The standard InChI is InChI=1S/C14H18O2.CH4/c1-3-10-6-12-5-4-11(8-13(12)7-10)9-14(15)16-2;/h4-5,8,10H,3,6-7,9H2,1-2H3;1H4. The van der Waals surface area contributed by atoms with E-state index in [0.717, 1.165) is 11.5 Å². The van der Waals surface area contributed by atoms with Crippen LogP contribution >= 0.6 is 0 Å². The van der Waals surface area contributed by atoms with E-state index in [-0.39, 0.29) is 13.4 Å². The van der Waals surface area contributed by atoms with E-state index in [1.165, 1.54) is 37.5 Å². The monoisotopic (exact) mass is 234 g/mol. The summed E-state index contributed by atoms with van der Waals surface area (Å²) in [6, 6.07) is 6.39. The molecule has 1 atom stereocenters. The van der Waals surface area contributed by atoms with Crippen molar-refractivity contribution in [3.8, 4) is 0 Å². The Morgan fingerprint density at radius 3 is 2.71 bits per heavy atom. The van der Waals surface area contributed by atoms with Gasteiger partial charge < -0.3 is 4.74 Å². The molecule has 1 aromatic rings. The SMILES string of the molecule is C.CCC1Cc2ccc(CC(=O)OC)cc2C1. The summed E-state index contributed by atoms with van der Waals surface area (Å²) in [6.45, 7) is 2.24. The van der Waals surface area contributed by atoms with Gasteiger partial charge in [0.25, 0.3) is 0 Å². The molecule has 17 heavy (non-hydrogen) atoms. The minimum Gasteiger partial charge on any atom is -0.469 e. The van der Waals surface area contributed by atoms with Crippen molar-refractivity contribution in [2.24, 2.45) is 5.92 Å². The highest BCUT2D eigenvalue weighted by molar-refractivity contribution is 5.72. The summed E-state index contributed by atoms with van der Waals surface area (Å²) in [5, 5.41) is 0. The number of benzene rings is 1. The van der Waals surface area contributed by atoms with E-state index in [0.29, 0.717) is 6.42 Å². The summed E-state index contributed by atoms with van der Waals surface area (Å²) < 4.78 is 4.68. The fourth-order valence-electron chi connectivity index (χ4n) is 2.40. The van der Waals surface area contributed by atoms with Crippen molar-refractivity contribution >= 4 is 5.97 Å². The van der Waals surface area contributed by atoms with Crippen LogP contribution in [0.3, 0.4) is 0 Å². The van der Waals surface area contributed by atoms with Crippen molar-refractivity contribution < 1.29 is 9.53 Å². The minimum absolute atomic E-state index is 0. The lowest BCUT2D eigenvalue weighted by Gasteiger charge is -2.03. The molecule has 1 aromatic carbocycles. The lowest BCUT2D eigenvalue weighted by atomic mass is 10.0. The molecule has 1 aliphatic carbocycles. The maximum atomic E-state index is 11.2. The zero-order valence-corrected chi connectivity index (χ0v) is 9.95. The molecule has 2 rings (SSSR count). The molecule has 94 valence electrons. The quantitative estimate of drug-likeness (QED) is 0.751. The van der Waals surface area contributed by atoms with Crippen molar-refractivity contribution in [1.29, 1.82) is 0 Å². The molecule has 2 nitrogen and oxygen atoms in total. The van der Waals surface area contributed by atoms with Gasteiger partial charge in [-0.15, -0.1) is 0 Å². The van der Waals surface area contributed by atoms with Gasteiger partial charge in [-0.05, 0) is 35.4 Å². The highest BCUT2D eigenvalue weighted by Gasteiger charge is 2.20. The lowest BCUT2D eigenvalue weighted by Crippen LogP contribution is -2.04. The number of fused-ring (bicyclic) bond motifs is 1. The Kier molecular flexibility index (Phi) is 4.73. The van der Waals surface area contributed by atoms with E-state index in [9.17, 15) is 4.79 Å². The van der Waals surface area contributed by atoms with Crippen molar-refractivity contribution in [2.75, 3.05) is 7.11 Å². The number of methoxy groups -OCH3 is 1. The van der Waals surface area contributed by atoms with Gasteiger partial charge >= 0.3 is 5.97 Å². The molecule has 0 aliphatic heterocycles. The van der Waals surface area contributed by atoms with Gasteiger partial charge in [0, 0.05) is 0 Å². The number of carbonyl (C=O) groups is 1. The highest BCUT2D eigenvalue weighted by Crippen LogP contribution is 2.29. The predicted molar refractivity (Wildman–Crippen MR) is 70.1 cm³/mol. The van der Waals surface area contributed by atoms with Crippen LogP contribution in [0.4, 0.5) is 0 Å². The summed E-state index contributed by atoms with van der Waals surface area (Å²) in [5.41, 5.74) is 3.95. The summed E-state index contributed by atoms with van der Waals surface area (Å²) in [6.07, 6.45) is 3.99. The molecule has 0 saturated carbocycles. The van der Waals surface area contributed by atoms with E-state index in [1.54, 1.807) is 0 Å². The number of esters is 1. The van der Waals surface area contributed by atoms with Gasteiger partial charge in [-0.2, -0.15) is 0 Å². The number of carbonyl (C=O) groups excluding carboxylic acids is 1. The second kappa shape index (κ2) is 5.85. The summed E-state index contributed by atoms with van der Waals surface area (Å²) in [4.78, 5) is 11.2. The average molecular weight is 234 g/mol.